The van der Waals surface area contributed by atoms with Gasteiger partial charge in [-0.25, -0.2) is 8.42 Å². The summed E-state index contributed by atoms with van der Waals surface area (Å²) in [4.78, 5) is 12.5. The van der Waals surface area contributed by atoms with Crippen LogP contribution in [0.25, 0.3) is 10.4 Å². The van der Waals surface area contributed by atoms with Gasteiger partial charge in [0.15, 0.2) is 0 Å². The standard InChI is InChI=1S/C14H16N2O4S2/c1-22(19,20)9-8-15-10-11-6-7-14(21-11)12-4-2-3-5-13(12)16(17)18/h2-7,15H,8-10H2,1H3. The summed E-state index contributed by atoms with van der Waals surface area (Å²) in [6.07, 6.45) is 1.20. The molecule has 0 saturated carbocycles. The molecule has 0 unspecified atom stereocenters. The van der Waals surface area contributed by atoms with E-state index in [1.165, 1.54) is 23.7 Å². The van der Waals surface area contributed by atoms with Crippen LogP contribution in [-0.2, 0) is 16.4 Å². The number of nitrogens with one attached hydrogen (secondary N) is 1. The second-order valence-corrected chi connectivity index (χ2v) is 8.27. The van der Waals surface area contributed by atoms with E-state index in [0.29, 0.717) is 18.7 Å². The first-order chi connectivity index (χ1) is 10.4. The number of hydrogen-bond acceptors (Lipinski definition) is 6. The van der Waals surface area contributed by atoms with Crippen molar-refractivity contribution >= 4 is 26.9 Å². The minimum absolute atomic E-state index is 0.0842. The molecule has 0 aliphatic rings. The largest absolute Gasteiger partial charge is 0.311 e. The molecule has 0 bridgehead atoms. The van der Waals surface area contributed by atoms with Crippen LogP contribution < -0.4 is 5.32 Å². The summed E-state index contributed by atoms with van der Waals surface area (Å²) in [5.74, 6) is 0.0926. The van der Waals surface area contributed by atoms with Gasteiger partial charge in [0, 0.05) is 35.2 Å². The number of nitro groups is 1. The van der Waals surface area contributed by atoms with E-state index >= 15 is 0 Å². The summed E-state index contributed by atoms with van der Waals surface area (Å²) in [6.45, 7) is 0.929. The van der Waals surface area contributed by atoms with Crippen molar-refractivity contribution < 1.29 is 13.3 Å². The Kier molecular flexibility index (Phi) is 5.28. The van der Waals surface area contributed by atoms with Crippen LogP contribution in [0.2, 0.25) is 0 Å². The maximum Gasteiger partial charge on any atom is 0.278 e. The van der Waals surface area contributed by atoms with Crippen LogP contribution in [0.4, 0.5) is 5.69 Å². The average Bonchev–Trinajstić information content (AvgIpc) is 2.91. The van der Waals surface area contributed by atoms with Crippen LogP contribution in [0.15, 0.2) is 36.4 Å². The van der Waals surface area contributed by atoms with Gasteiger partial charge < -0.3 is 5.32 Å². The van der Waals surface area contributed by atoms with Gasteiger partial charge in [0.1, 0.15) is 9.84 Å². The number of thiophene rings is 1. The minimum atomic E-state index is -2.97. The summed E-state index contributed by atoms with van der Waals surface area (Å²) in [6, 6.07) is 10.4. The second-order valence-electron chi connectivity index (χ2n) is 4.85. The Morgan fingerprint density at radius 2 is 1.95 bits per heavy atom. The van der Waals surface area contributed by atoms with Crippen molar-refractivity contribution in [2.24, 2.45) is 0 Å². The smallest absolute Gasteiger partial charge is 0.278 e. The second kappa shape index (κ2) is 6.99. The molecule has 1 N–H and O–H groups in total. The lowest BCUT2D eigenvalue weighted by molar-refractivity contribution is -0.384. The van der Waals surface area contributed by atoms with Crippen LogP contribution in [0.3, 0.4) is 0 Å². The highest BCUT2D eigenvalue weighted by molar-refractivity contribution is 7.90. The quantitative estimate of drug-likeness (QED) is 0.475. The van der Waals surface area contributed by atoms with Crippen molar-refractivity contribution in [2.75, 3.05) is 18.6 Å². The van der Waals surface area contributed by atoms with Gasteiger partial charge in [0.2, 0.25) is 0 Å². The van der Waals surface area contributed by atoms with Gasteiger partial charge in [-0.15, -0.1) is 11.3 Å². The molecule has 0 atom stereocenters. The summed E-state index contributed by atoms with van der Waals surface area (Å²) in [5.41, 5.74) is 0.681. The van der Waals surface area contributed by atoms with Gasteiger partial charge in [0.05, 0.1) is 16.2 Å². The van der Waals surface area contributed by atoms with Gasteiger partial charge >= 0.3 is 0 Å². The lowest BCUT2D eigenvalue weighted by Gasteiger charge is -2.02. The van der Waals surface area contributed by atoms with Gasteiger partial charge in [-0.1, -0.05) is 12.1 Å². The van der Waals surface area contributed by atoms with Crippen LogP contribution in [-0.4, -0.2) is 31.9 Å². The Balaban J connectivity index is 2.04. The Hall–Kier alpha value is -1.77. The summed E-state index contributed by atoms with van der Waals surface area (Å²) >= 11 is 1.46. The molecule has 1 aromatic heterocycles. The first-order valence-electron chi connectivity index (χ1n) is 6.58. The van der Waals surface area contributed by atoms with Crippen LogP contribution in [0.1, 0.15) is 4.88 Å². The minimum Gasteiger partial charge on any atom is -0.311 e. The highest BCUT2D eigenvalue weighted by Gasteiger charge is 2.15. The van der Waals surface area contributed by atoms with E-state index in [9.17, 15) is 18.5 Å². The fourth-order valence-corrected chi connectivity index (χ4v) is 3.45. The molecule has 1 heterocycles. The van der Waals surface area contributed by atoms with Crippen molar-refractivity contribution in [1.82, 2.24) is 5.32 Å². The Morgan fingerprint density at radius 1 is 1.23 bits per heavy atom. The van der Waals surface area contributed by atoms with Crippen LogP contribution in [0.5, 0.6) is 0 Å². The van der Waals surface area contributed by atoms with Crippen LogP contribution >= 0.6 is 11.3 Å². The van der Waals surface area contributed by atoms with Crippen molar-refractivity contribution in [2.45, 2.75) is 6.54 Å². The zero-order valence-electron chi connectivity index (χ0n) is 12.0. The molecule has 6 nitrogen and oxygen atoms in total. The zero-order valence-corrected chi connectivity index (χ0v) is 13.6. The Morgan fingerprint density at radius 3 is 2.64 bits per heavy atom. The third kappa shape index (κ3) is 4.62. The molecule has 0 aliphatic carbocycles. The molecule has 8 heteroatoms. The van der Waals surface area contributed by atoms with Crippen molar-refractivity contribution in [1.29, 1.82) is 0 Å². The summed E-state index contributed by atoms with van der Waals surface area (Å²) < 4.78 is 22.1. The number of benzene rings is 1. The van der Waals surface area contributed by atoms with Crippen LogP contribution in [0, 0.1) is 10.1 Å². The van der Waals surface area contributed by atoms with E-state index in [1.54, 1.807) is 18.2 Å². The lowest BCUT2D eigenvalue weighted by Crippen LogP contribution is -2.21. The number of hydrogen-bond donors (Lipinski definition) is 1. The molecular weight excluding hydrogens is 324 g/mol. The van der Waals surface area contributed by atoms with E-state index in [4.69, 9.17) is 0 Å². The maximum absolute atomic E-state index is 11.0. The molecule has 0 amide bonds. The molecule has 0 radical (unpaired) electrons. The van der Waals surface area contributed by atoms with Crippen molar-refractivity contribution in [3.63, 3.8) is 0 Å². The fraction of sp³-hybridized carbons (Fsp3) is 0.286. The summed E-state index contributed by atoms with van der Waals surface area (Å²) in [5, 5.41) is 14.1. The molecule has 22 heavy (non-hydrogen) atoms. The summed E-state index contributed by atoms with van der Waals surface area (Å²) in [7, 11) is -2.97. The van der Waals surface area contributed by atoms with E-state index in [0.717, 1.165) is 9.75 Å². The Bertz CT molecular complexity index is 769. The topological polar surface area (TPSA) is 89.3 Å². The van der Waals surface area contributed by atoms with Gasteiger partial charge in [-0.2, -0.15) is 0 Å². The molecule has 0 aliphatic heterocycles. The number of rotatable bonds is 7. The molecule has 118 valence electrons. The third-order valence-corrected chi connectivity index (χ3v) is 5.04. The number of para-hydroxylation sites is 1. The molecule has 2 aromatic rings. The predicted octanol–water partition coefficient (Wildman–Crippen LogP) is 2.46. The average molecular weight is 340 g/mol. The van der Waals surface area contributed by atoms with Gasteiger partial charge in [-0.3, -0.25) is 10.1 Å². The highest BCUT2D eigenvalue weighted by atomic mass is 32.2. The molecule has 0 saturated heterocycles. The van der Waals surface area contributed by atoms with E-state index < -0.39 is 9.84 Å². The molecule has 1 aromatic carbocycles. The van der Waals surface area contributed by atoms with E-state index in [2.05, 4.69) is 5.32 Å². The monoisotopic (exact) mass is 340 g/mol. The van der Waals surface area contributed by atoms with Crippen molar-refractivity contribution in [3.8, 4) is 10.4 Å². The van der Waals surface area contributed by atoms with Gasteiger partial charge in [0.25, 0.3) is 5.69 Å². The fourth-order valence-electron chi connectivity index (χ4n) is 1.93. The Labute approximate surface area is 132 Å². The first kappa shape index (κ1) is 16.6. The molecule has 0 fully saturated rings. The van der Waals surface area contributed by atoms with Crippen molar-refractivity contribution in [3.05, 3.63) is 51.4 Å². The number of nitrogens with zero attached hydrogens (tertiary/aromatic N) is 1. The number of nitro benzene ring substituents is 1. The lowest BCUT2D eigenvalue weighted by atomic mass is 10.1. The molecule has 0 spiro atoms. The SMILES string of the molecule is CS(=O)(=O)CCNCc1ccc(-c2ccccc2[N+](=O)[O-])s1. The highest BCUT2D eigenvalue weighted by Crippen LogP contribution is 2.34. The molecule has 2 rings (SSSR count). The predicted molar refractivity (Wildman–Crippen MR) is 87.8 cm³/mol. The third-order valence-electron chi connectivity index (χ3n) is 2.98. The molecular formula is C14H16N2O4S2. The van der Waals surface area contributed by atoms with E-state index in [1.807, 2.05) is 12.1 Å². The maximum atomic E-state index is 11.0. The van der Waals surface area contributed by atoms with E-state index in [-0.39, 0.29) is 16.4 Å². The van der Waals surface area contributed by atoms with Gasteiger partial charge in [-0.05, 0) is 18.2 Å². The first-order valence-corrected chi connectivity index (χ1v) is 9.45. The normalized spacial score (nSPS) is 11.5. The number of sulfone groups is 1. The zero-order chi connectivity index (χ0) is 16.2.